The Bertz CT molecular complexity index is 555. The lowest BCUT2D eigenvalue weighted by molar-refractivity contribution is 0.566. The van der Waals surface area contributed by atoms with Crippen molar-refractivity contribution in [1.82, 2.24) is 10.3 Å². The molecule has 2 nitrogen and oxygen atoms in total. The summed E-state index contributed by atoms with van der Waals surface area (Å²) in [6, 6.07) is 10.6. The van der Waals surface area contributed by atoms with Gasteiger partial charge in [-0.15, -0.1) is 0 Å². The lowest BCUT2D eigenvalue weighted by Gasteiger charge is -2.14. The van der Waals surface area contributed by atoms with Crippen LogP contribution in [0.25, 0.3) is 0 Å². The Labute approximate surface area is 138 Å². The van der Waals surface area contributed by atoms with E-state index in [4.69, 9.17) is 0 Å². The van der Waals surface area contributed by atoms with Gasteiger partial charge in [-0.05, 0) is 62.5 Å². The maximum atomic E-state index is 4.39. The highest BCUT2D eigenvalue weighted by atomic mass is 79.9. The third kappa shape index (κ3) is 4.38. The first kappa shape index (κ1) is 15.2. The summed E-state index contributed by atoms with van der Waals surface area (Å²) in [5.41, 5.74) is 2.27. The number of halogens is 3. The van der Waals surface area contributed by atoms with Crippen LogP contribution in [-0.2, 0) is 6.54 Å². The summed E-state index contributed by atoms with van der Waals surface area (Å²) in [6.45, 7) is 2.88. The quantitative estimate of drug-likeness (QED) is 0.693. The Hall–Kier alpha value is -0.230. The second-order valence-electron chi connectivity index (χ2n) is 4.24. The highest BCUT2D eigenvalue weighted by Gasteiger charge is 2.07. The fourth-order valence-electron chi connectivity index (χ4n) is 1.69. The molecule has 0 spiro atoms. The predicted molar refractivity (Wildman–Crippen MR) is 89.0 cm³/mol. The van der Waals surface area contributed by atoms with E-state index < -0.39 is 0 Å². The summed E-state index contributed by atoms with van der Waals surface area (Å²) in [4.78, 5) is 4.39. The number of pyridine rings is 1. The second kappa shape index (κ2) is 6.97. The number of benzene rings is 1. The highest BCUT2D eigenvalue weighted by Crippen LogP contribution is 2.21. The molecule has 0 radical (unpaired) electrons. The first-order chi connectivity index (χ1) is 9.06. The maximum Gasteiger partial charge on any atom is 0.0684 e. The molecule has 0 fully saturated rings. The molecule has 19 heavy (non-hydrogen) atoms. The maximum absolute atomic E-state index is 4.39. The molecule has 1 heterocycles. The van der Waals surface area contributed by atoms with E-state index in [-0.39, 0.29) is 6.04 Å². The Morgan fingerprint density at radius 1 is 1.11 bits per heavy atom. The van der Waals surface area contributed by atoms with Crippen molar-refractivity contribution in [3.63, 3.8) is 0 Å². The van der Waals surface area contributed by atoms with Crippen LogP contribution in [0.15, 0.2) is 49.9 Å². The zero-order chi connectivity index (χ0) is 13.8. The van der Waals surface area contributed by atoms with Crippen molar-refractivity contribution in [2.45, 2.75) is 19.5 Å². The third-order valence-electron chi connectivity index (χ3n) is 2.83. The summed E-state index contributed by atoms with van der Waals surface area (Å²) in [5, 5.41) is 3.47. The second-order valence-corrected chi connectivity index (χ2v) is 6.92. The zero-order valence-electron chi connectivity index (χ0n) is 10.3. The topological polar surface area (TPSA) is 24.9 Å². The number of aromatic nitrogens is 1. The molecule has 0 amide bonds. The molecular weight excluding hydrogens is 436 g/mol. The Kier molecular flexibility index (Phi) is 5.57. The van der Waals surface area contributed by atoms with Gasteiger partial charge in [-0.3, -0.25) is 4.98 Å². The average molecular weight is 449 g/mol. The molecule has 1 aromatic carbocycles. The molecular formula is C14H13Br3N2. The molecule has 0 aliphatic carbocycles. The molecule has 0 bridgehead atoms. The van der Waals surface area contributed by atoms with Crippen molar-refractivity contribution in [2.24, 2.45) is 0 Å². The van der Waals surface area contributed by atoms with Gasteiger partial charge in [-0.2, -0.15) is 0 Å². The van der Waals surface area contributed by atoms with Gasteiger partial charge in [0.25, 0.3) is 0 Å². The standard InChI is InChI=1S/C14H13Br3N2/c1-9(10-2-4-11(15)5-3-10)18-8-14-13(17)6-12(16)7-19-14/h2-7,9,18H,8H2,1H3/t9-/m0/s1. The van der Waals surface area contributed by atoms with Gasteiger partial charge >= 0.3 is 0 Å². The highest BCUT2D eigenvalue weighted by molar-refractivity contribution is 9.11. The zero-order valence-corrected chi connectivity index (χ0v) is 15.1. The van der Waals surface area contributed by atoms with Gasteiger partial charge in [-0.1, -0.05) is 28.1 Å². The van der Waals surface area contributed by atoms with Crippen LogP contribution in [0.2, 0.25) is 0 Å². The number of hydrogen-bond donors (Lipinski definition) is 1. The first-order valence-electron chi connectivity index (χ1n) is 5.85. The lowest BCUT2D eigenvalue weighted by Crippen LogP contribution is -2.19. The molecule has 0 aliphatic heterocycles. The Morgan fingerprint density at radius 3 is 2.42 bits per heavy atom. The van der Waals surface area contributed by atoms with Crippen LogP contribution in [0.1, 0.15) is 24.2 Å². The van der Waals surface area contributed by atoms with Crippen LogP contribution in [0.4, 0.5) is 0 Å². The van der Waals surface area contributed by atoms with Gasteiger partial charge in [0.15, 0.2) is 0 Å². The van der Waals surface area contributed by atoms with Crippen LogP contribution < -0.4 is 5.32 Å². The van der Waals surface area contributed by atoms with E-state index in [2.05, 4.69) is 89.3 Å². The van der Waals surface area contributed by atoms with Crippen LogP contribution in [0, 0.1) is 0 Å². The molecule has 1 aromatic heterocycles. The summed E-state index contributed by atoms with van der Waals surface area (Å²) < 4.78 is 3.09. The summed E-state index contributed by atoms with van der Waals surface area (Å²) in [7, 11) is 0. The Balaban J connectivity index is 2.00. The number of rotatable bonds is 4. The molecule has 0 saturated carbocycles. The van der Waals surface area contributed by atoms with Crippen molar-refractivity contribution in [3.05, 3.63) is 61.2 Å². The van der Waals surface area contributed by atoms with Crippen molar-refractivity contribution in [1.29, 1.82) is 0 Å². The summed E-state index contributed by atoms with van der Waals surface area (Å²) in [5.74, 6) is 0. The number of nitrogens with one attached hydrogen (secondary N) is 1. The van der Waals surface area contributed by atoms with Crippen molar-refractivity contribution in [3.8, 4) is 0 Å². The van der Waals surface area contributed by atoms with Crippen LogP contribution in [0.5, 0.6) is 0 Å². The van der Waals surface area contributed by atoms with E-state index in [0.29, 0.717) is 0 Å². The molecule has 0 unspecified atom stereocenters. The minimum absolute atomic E-state index is 0.283. The molecule has 2 rings (SSSR count). The Morgan fingerprint density at radius 2 is 1.79 bits per heavy atom. The molecule has 1 N–H and O–H groups in total. The summed E-state index contributed by atoms with van der Waals surface area (Å²) in [6.07, 6.45) is 1.81. The predicted octanol–water partition coefficient (Wildman–Crippen LogP) is 5.22. The fraction of sp³-hybridized carbons (Fsp3) is 0.214. The van der Waals surface area contributed by atoms with Crippen molar-refractivity contribution >= 4 is 47.8 Å². The van der Waals surface area contributed by atoms with E-state index in [9.17, 15) is 0 Å². The van der Waals surface area contributed by atoms with E-state index in [1.165, 1.54) is 5.56 Å². The van der Waals surface area contributed by atoms with E-state index in [1.807, 2.05) is 12.3 Å². The van der Waals surface area contributed by atoms with Gasteiger partial charge < -0.3 is 5.32 Å². The molecule has 100 valence electrons. The molecule has 0 aliphatic rings. The average Bonchev–Trinajstić information content (AvgIpc) is 2.38. The van der Waals surface area contributed by atoms with Crippen LogP contribution in [0.3, 0.4) is 0 Å². The van der Waals surface area contributed by atoms with E-state index in [0.717, 1.165) is 25.7 Å². The monoisotopic (exact) mass is 446 g/mol. The van der Waals surface area contributed by atoms with Gasteiger partial charge in [0.2, 0.25) is 0 Å². The van der Waals surface area contributed by atoms with Gasteiger partial charge in [-0.25, -0.2) is 0 Å². The summed E-state index contributed by atoms with van der Waals surface area (Å²) >= 11 is 10.4. The van der Waals surface area contributed by atoms with Crippen molar-refractivity contribution < 1.29 is 0 Å². The third-order valence-corrected chi connectivity index (χ3v) is 4.48. The first-order valence-corrected chi connectivity index (χ1v) is 8.23. The largest absolute Gasteiger partial charge is 0.305 e. The minimum Gasteiger partial charge on any atom is -0.305 e. The van der Waals surface area contributed by atoms with Gasteiger partial charge in [0.05, 0.1) is 5.69 Å². The molecule has 1 atom stereocenters. The van der Waals surface area contributed by atoms with Crippen molar-refractivity contribution in [2.75, 3.05) is 0 Å². The normalized spacial score (nSPS) is 12.4. The van der Waals surface area contributed by atoms with Gasteiger partial charge in [0.1, 0.15) is 0 Å². The van der Waals surface area contributed by atoms with Gasteiger partial charge in [0, 0.05) is 32.2 Å². The molecule has 0 saturated heterocycles. The van der Waals surface area contributed by atoms with Crippen LogP contribution in [-0.4, -0.2) is 4.98 Å². The smallest absolute Gasteiger partial charge is 0.0684 e. The SMILES string of the molecule is C[C@H](NCc1ncc(Br)cc1Br)c1ccc(Br)cc1. The fourth-order valence-corrected chi connectivity index (χ4v) is 3.08. The number of nitrogens with zero attached hydrogens (tertiary/aromatic N) is 1. The minimum atomic E-state index is 0.283. The number of hydrogen-bond acceptors (Lipinski definition) is 2. The lowest BCUT2D eigenvalue weighted by atomic mass is 10.1. The van der Waals surface area contributed by atoms with Crippen LogP contribution >= 0.6 is 47.8 Å². The van der Waals surface area contributed by atoms with E-state index >= 15 is 0 Å². The molecule has 5 heteroatoms. The molecule has 2 aromatic rings. The van der Waals surface area contributed by atoms with E-state index in [1.54, 1.807) is 0 Å².